The molecular weight excluding hydrogens is 558 g/mol. The van der Waals surface area contributed by atoms with Crippen molar-refractivity contribution in [2.24, 2.45) is 0 Å². The number of aromatic carboxylic acids is 1. The number of rotatable bonds is 14. The Bertz CT molecular complexity index is 1350. The van der Waals surface area contributed by atoms with Gasteiger partial charge in [0.1, 0.15) is 0 Å². The molecule has 4 rings (SSSR count). The van der Waals surface area contributed by atoms with Crippen LogP contribution in [0.15, 0.2) is 77.7 Å². The third kappa shape index (κ3) is 9.15. The number of hydrogen-bond donors (Lipinski definition) is 4. The van der Waals surface area contributed by atoms with E-state index in [2.05, 4.69) is 5.32 Å². The predicted molar refractivity (Wildman–Crippen MR) is 158 cm³/mol. The van der Waals surface area contributed by atoms with Gasteiger partial charge >= 0.3 is 11.9 Å². The van der Waals surface area contributed by atoms with Crippen LogP contribution in [0.3, 0.4) is 0 Å². The van der Waals surface area contributed by atoms with Gasteiger partial charge in [-0.05, 0) is 48.2 Å². The van der Waals surface area contributed by atoms with Gasteiger partial charge in [-0.25, -0.2) is 4.79 Å². The van der Waals surface area contributed by atoms with Crippen LogP contribution in [0.4, 0.5) is 5.69 Å². The number of carbonyl (C=O) groups excluding carboxylic acids is 1. The van der Waals surface area contributed by atoms with Crippen LogP contribution in [-0.4, -0.2) is 45.0 Å². The van der Waals surface area contributed by atoms with Crippen LogP contribution in [0.1, 0.15) is 78.0 Å². The molecule has 42 heavy (non-hydrogen) atoms. The number of anilines is 1. The van der Waals surface area contributed by atoms with E-state index in [1.54, 1.807) is 30.3 Å². The fourth-order valence-electron chi connectivity index (χ4n) is 4.66. The molecule has 1 saturated heterocycles. The molecule has 3 aromatic carbocycles. The van der Waals surface area contributed by atoms with Crippen molar-refractivity contribution in [3.8, 4) is 0 Å². The van der Waals surface area contributed by atoms with Crippen LogP contribution in [0.5, 0.6) is 0 Å². The molecule has 1 amide bonds. The molecule has 222 valence electrons. The molecule has 1 fully saturated rings. The summed E-state index contributed by atoms with van der Waals surface area (Å²) >= 11 is 1.43. The molecule has 10 heteroatoms. The minimum Gasteiger partial charge on any atom is -0.481 e. The van der Waals surface area contributed by atoms with Gasteiger partial charge in [0.15, 0.2) is 6.29 Å². The van der Waals surface area contributed by atoms with E-state index in [-0.39, 0.29) is 36.7 Å². The number of amides is 1. The van der Waals surface area contributed by atoms with E-state index in [4.69, 9.17) is 14.6 Å². The molecule has 1 aliphatic rings. The fourth-order valence-corrected chi connectivity index (χ4v) is 5.73. The zero-order valence-electron chi connectivity index (χ0n) is 23.1. The highest BCUT2D eigenvalue weighted by Crippen LogP contribution is 2.40. The normalized spacial score (nSPS) is 18.4. The minimum absolute atomic E-state index is 0.0482. The third-order valence-electron chi connectivity index (χ3n) is 6.92. The molecule has 0 radical (unpaired) electrons. The van der Waals surface area contributed by atoms with E-state index in [9.17, 15) is 24.6 Å². The number of hydrogen-bond acceptors (Lipinski definition) is 7. The third-order valence-corrected chi connectivity index (χ3v) is 8.12. The maximum atomic E-state index is 12.3. The second-order valence-electron chi connectivity index (χ2n) is 10.1. The average Bonchev–Trinajstić information content (AvgIpc) is 3.00. The maximum absolute atomic E-state index is 12.3. The molecule has 0 saturated carbocycles. The standard InChI is InChI=1S/C32H35NO8S/c34-19-21-10-12-22(13-11-21)27-18-25(20-42-28-7-5-4-6-26(28)31(38)39)40-32(41-27)23-14-16-24(17-15-23)33-29(35)8-2-1-3-9-30(36)37/h4-7,10-17,25,27,32,34H,1-3,8-9,18-20H2,(H,33,35)(H,36,37)(H,38,39). The van der Waals surface area contributed by atoms with E-state index in [0.29, 0.717) is 48.4 Å². The van der Waals surface area contributed by atoms with Gasteiger partial charge in [-0.2, -0.15) is 0 Å². The summed E-state index contributed by atoms with van der Waals surface area (Å²) in [5.74, 6) is -1.41. The van der Waals surface area contributed by atoms with E-state index >= 15 is 0 Å². The first-order chi connectivity index (χ1) is 20.3. The van der Waals surface area contributed by atoms with Gasteiger partial charge in [-0.1, -0.05) is 55.0 Å². The molecular formula is C32H35NO8S. The molecule has 0 bridgehead atoms. The molecule has 1 heterocycles. The zero-order valence-corrected chi connectivity index (χ0v) is 23.9. The van der Waals surface area contributed by atoms with Gasteiger partial charge in [0.2, 0.25) is 5.91 Å². The van der Waals surface area contributed by atoms with Crippen molar-refractivity contribution in [2.75, 3.05) is 11.1 Å². The SMILES string of the molecule is O=C(O)CCCCCC(=O)Nc1ccc(C2OC(CSc3ccccc3C(=O)O)CC(c3ccc(CO)cc3)O2)cc1. The molecule has 1 aliphatic heterocycles. The zero-order chi connectivity index (χ0) is 29.9. The van der Waals surface area contributed by atoms with Crippen LogP contribution in [0.2, 0.25) is 0 Å². The van der Waals surface area contributed by atoms with E-state index < -0.39 is 18.2 Å². The van der Waals surface area contributed by atoms with Crippen LogP contribution in [0.25, 0.3) is 0 Å². The topological polar surface area (TPSA) is 142 Å². The Balaban J connectivity index is 1.42. The number of benzene rings is 3. The Labute approximate surface area is 248 Å². The van der Waals surface area contributed by atoms with Crippen molar-refractivity contribution in [1.82, 2.24) is 0 Å². The smallest absolute Gasteiger partial charge is 0.336 e. The van der Waals surface area contributed by atoms with Crippen molar-refractivity contribution in [1.29, 1.82) is 0 Å². The van der Waals surface area contributed by atoms with E-state index in [0.717, 1.165) is 16.7 Å². The number of nitrogens with one attached hydrogen (secondary N) is 1. The lowest BCUT2D eigenvalue weighted by atomic mass is 10.0. The lowest BCUT2D eigenvalue weighted by molar-refractivity contribution is -0.245. The number of aliphatic hydroxyl groups is 1. The average molecular weight is 594 g/mol. The summed E-state index contributed by atoms with van der Waals surface area (Å²) in [6.45, 7) is -0.0482. The summed E-state index contributed by atoms with van der Waals surface area (Å²) in [6, 6.07) is 21.7. The molecule has 3 aromatic rings. The molecule has 3 atom stereocenters. The van der Waals surface area contributed by atoms with Crippen molar-refractivity contribution in [3.05, 3.63) is 95.1 Å². The van der Waals surface area contributed by atoms with Gasteiger partial charge in [-0.3, -0.25) is 9.59 Å². The summed E-state index contributed by atoms with van der Waals surface area (Å²) in [5.41, 5.74) is 3.42. The summed E-state index contributed by atoms with van der Waals surface area (Å²) in [7, 11) is 0. The van der Waals surface area contributed by atoms with Crippen LogP contribution >= 0.6 is 11.8 Å². The largest absolute Gasteiger partial charge is 0.481 e. The Morgan fingerprint density at radius 3 is 2.21 bits per heavy atom. The highest BCUT2D eigenvalue weighted by Gasteiger charge is 2.32. The van der Waals surface area contributed by atoms with Crippen molar-refractivity contribution >= 4 is 35.3 Å². The van der Waals surface area contributed by atoms with Gasteiger partial charge in [0.25, 0.3) is 0 Å². The predicted octanol–water partition coefficient (Wildman–Crippen LogP) is 6.19. The Morgan fingerprint density at radius 2 is 1.52 bits per heavy atom. The maximum Gasteiger partial charge on any atom is 0.336 e. The molecule has 0 aromatic heterocycles. The second kappa shape index (κ2) is 15.5. The summed E-state index contributed by atoms with van der Waals surface area (Å²) in [6.07, 6.45) is 1.65. The molecule has 4 N–H and O–H groups in total. The van der Waals surface area contributed by atoms with Crippen molar-refractivity contribution in [2.45, 2.75) is 68.5 Å². The van der Waals surface area contributed by atoms with Gasteiger partial charge in [0, 0.05) is 41.2 Å². The van der Waals surface area contributed by atoms with E-state index in [1.807, 2.05) is 42.5 Å². The van der Waals surface area contributed by atoms with E-state index in [1.165, 1.54) is 11.8 Å². The van der Waals surface area contributed by atoms with Crippen LogP contribution in [0, 0.1) is 0 Å². The first-order valence-electron chi connectivity index (χ1n) is 13.9. The number of carboxylic acids is 2. The number of ether oxygens (including phenoxy) is 2. The van der Waals surface area contributed by atoms with Crippen molar-refractivity contribution < 1.29 is 39.2 Å². The lowest BCUT2D eigenvalue weighted by Crippen LogP contribution is -2.31. The Morgan fingerprint density at radius 1 is 0.833 bits per heavy atom. The van der Waals surface area contributed by atoms with Gasteiger partial charge < -0.3 is 30.1 Å². The van der Waals surface area contributed by atoms with Crippen molar-refractivity contribution in [3.63, 3.8) is 0 Å². The fraction of sp³-hybridized carbons (Fsp3) is 0.344. The second-order valence-corrected chi connectivity index (χ2v) is 11.1. The number of aliphatic hydroxyl groups excluding tert-OH is 1. The number of carbonyl (C=O) groups is 3. The quantitative estimate of drug-likeness (QED) is 0.127. The highest BCUT2D eigenvalue weighted by atomic mass is 32.2. The monoisotopic (exact) mass is 593 g/mol. The minimum atomic E-state index is -0.976. The molecule has 0 spiro atoms. The van der Waals surface area contributed by atoms with Crippen LogP contribution < -0.4 is 5.32 Å². The summed E-state index contributed by atoms with van der Waals surface area (Å²) < 4.78 is 12.7. The number of thioether (sulfide) groups is 1. The lowest BCUT2D eigenvalue weighted by Gasteiger charge is -2.36. The first kappa shape index (κ1) is 31.2. The number of carboxylic acid groups (broad SMARTS) is 2. The highest BCUT2D eigenvalue weighted by molar-refractivity contribution is 7.99. The summed E-state index contributed by atoms with van der Waals surface area (Å²) in [4.78, 5) is 35.3. The molecule has 3 unspecified atom stereocenters. The van der Waals surface area contributed by atoms with Gasteiger partial charge in [0.05, 0.1) is 24.4 Å². The molecule has 0 aliphatic carbocycles. The summed E-state index contributed by atoms with van der Waals surface area (Å²) in [5, 5.41) is 30.6. The number of aliphatic carboxylic acids is 1. The Hall–Kier alpha value is -3.70. The Kier molecular flexibility index (Phi) is 11.5. The van der Waals surface area contributed by atoms with Crippen LogP contribution in [-0.2, 0) is 25.7 Å². The first-order valence-corrected chi connectivity index (χ1v) is 14.9. The number of unbranched alkanes of at least 4 members (excludes halogenated alkanes) is 2. The van der Waals surface area contributed by atoms with Gasteiger partial charge in [-0.15, -0.1) is 11.8 Å². The molecule has 9 nitrogen and oxygen atoms in total.